The number of hydrogen-bond acceptors (Lipinski definition) is 6. The predicted octanol–water partition coefficient (Wildman–Crippen LogP) is 2.09. The lowest BCUT2D eigenvalue weighted by Gasteiger charge is -2.30. The molecule has 1 atom stereocenters. The first-order valence-corrected chi connectivity index (χ1v) is 7.99. The number of amides is 1. The van der Waals surface area contributed by atoms with Gasteiger partial charge in [0.25, 0.3) is 0 Å². The highest BCUT2D eigenvalue weighted by atomic mass is 32.1. The van der Waals surface area contributed by atoms with Crippen molar-refractivity contribution in [1.29, 1.82) is 0 Å². The molecule has 3 rings (SSSR count). The lowest BCUT2D eigenvalue weighted by molar-refractivity contribution is -0.131. The monoisotopic (exact) mass is 306 g/mol. The number of carbonyl (C=O) groups excluding carboxylic acids is 1. The normalized spacial score (nSPS) is 19.0. The molecule has 1 amide bonds. The minimum absolute atomic E-state index is 0.126. The molecule has 1 fully saturated rings. The van der Waals surface area contributed by atoms with E-state index in [2.05, 4.69) is 15.1 Å². The van der Waals surface area contributed by atoms with Crippen LogP contribution in [0.3, 0.4) is 0 Å². The molecular weight excluding hydrogens is 288 g/mol. The predicted molar refractivity (Wildman–Crippen MR) is 78.1 cm³/mol. The van der Waals surface area contributed by atoms with E-state index in [1.807, 2.05) is 24.1 Å². The molecule has 2 aromatic rings. The van der Waals surface area contributed by atoms with Gasteiger partial charge in [0.15, 0.2) is 5.82 Å². The van der Waals surface area contributed by atoms with Gasteiger partial charge in [0.05, 0.1) is 23.0 Å². The van der Waals surface area contributed by atoms with Gasteiger partial charge in [-0.15, -0.1) is 11.3 Å². The van der Waals surface area contributed by atoms with Gasteiger partial charge in [-0.3, -0.25) is 4.79 Å². The van der Waals surface area contributed by atoms with E-state index in [-0.39, 0.29) is 11.8 Å². The Morgan fingerprint density at radius 1 is 1.48 bits per heavy atom. The van der Waals surface area contributed by atoms with Gasteiger partial charge in [-0.1, -0.05) is 5.16 Å². The summed E-state index contributed by atoms with van der Waals surface area (Å²) in [6, 6.07) is 0. The standard InChI is InChI=1S/C14H18N4O2S/c1-9-15-14(20-17-9)11-4-3-5-18(7-11)13(19)6-12-8-21-10(2)16-12/h8,11H,3-7H2,1-2H3/t11-/m0/s1. The van der Waals surface area contributed by atoms with Crippen LogP contribution in [-0.4, -0.2) is 39.0 Å². The van der Waals surface area contributed by atoms with Gasteiger partial charge in [0, 0.05) is 18.5 Å². The number of aryl methyl sites for hydroxylation is 2. The molecule has 2 aromatic heterocycles. The van der Waals surface area contributed by atoms with Crippen molar-refractivity contribution in [1.82, 2.24) is 20.0 Å². The largest absolute Gasteiger partial charge is 0.342 e. The minimum Gasteiger partial charge on any atom is -0.342 e. The molecule has 0 saturated carbocycles. The number of thiazole rings is 1. The van der Waals surface area contributed by atoms with E-state index in [1.165, 1.54) is 0 Å². The van der Waals surface area contributed by atoms with Crippen LogP contribution < -0.4 is 0 Å². The molecule has 6 nitrogen and oxygen atoms in total. The highest BCUT2D eigenvalue weighted by molar-refractivity contribution is 7.09. The van der Waals surface area contributed by atoms with E-state index in [1.54, 1.807) is 11.3 Å². The van der Waals surface area contributed by atoms with Crippen LogP contribution in [0, 0.1) is 13.8 Å². The van der Waals surface area contributed by atoms with Crippen LogP contribution in [0.1, 0.15) is 41.2 Å². The Kier molecular flexibility index (Phi) is 4.01. The van der Waals surface area contributed by atoms with Crippen LogP contribution in [0.15, 0.2) is 9.90 Å². The van der Waals surface area contributed by atoms with Crippen LogP contribution in [0.2, 0.25) is 0 Å². The zero-order valence-corrected chi connectivity index (χ0v) is 13.0. The molecule has 7 heteroatoms. The second-order valence-electron chi connectivity index (χ2n) is 5.39. The van der Waals surface area contributed by atoms with Crippen molar-refractivity contribution in [3.8, 4) is 0 Å². The third kappa shape index (κ3) is 3.29. The van der Waals surface area contributed by atoms with E-state index in [0.29, 0.717) is 24.7 Å². The molecular formula is C14H18N4O2S. The van der Waals surface area contributed by atoms with Crippen molar-refractivity contribution in [3.63, 3.8) is 0 Å². The van der Waals surface area contributed by atoms with Crippen LogP contribution in [0.5, 0.6) is 0 Å². The van der Waals surface area contributed by atoms with Gasteiger partial charge in [-0.05, 0) is 26.7 Å². The lowest BCUT2D eigenvalue weighted by atomic mass is 9.97. The molecule has 0 unspecified atom stereocenters. The summed E-state index contributed by atoms with van der Waals surface area (Å²) in [5, 5.41) is 6.78. The average Bonchev–Trinajstić information content (AvgIpc) is 3.08. The first kappa shape index (κ1) is 14.2. The number of aromatic nitrogens is 3. The van der Waals surface area contributed by atoms with E-state index in [0.717, 1.165) is 30.1 Å². The van der Waals surface area contributed by atoms with Crippen molar-refractivity contribution in [3.05, 3.63) is 27.8 Å². The number of rotatable bonds is 3. The Labute approximate surface area is 127 Å². The first-order valence-electron chi connectivity index (χ1n) is 7.11. The fraction of sp³-hybridized carbons (Fsp3) is 0.571. The summed E-state index contributed by atoms with van der Waals surface area (Å²) >= 11 is 1.58. The maximum absolute atomic E-state index is 12.4. The minimum atomic E-state index is 0.126. The van der Waals surface area contributed by atoms with Crippen molar-refractivity contribution in [2.45, 2.75) is 39.0 Å². The topological polar surface area (TPSA) is 72.1 Å². The molecule has 0 aliphatic carbocycles. The quantitative estimate of drug-likeness (QED) is 0.868. The molecule has 21 heavy (non-hydrogen) atoms. The van der Waals surface area contributed by atoms with Crippen molar-refractivity contribution in [2.75, 3.05) is 13.1 Å². The molecule has 0 aromatic carbocycles. The second-order valence-corrected chi connectivity index (χ2v) is 6.46. The molecule has 3 heterocycles. The first-order chi connectivity index (χ1) is 10.1. The Bertz CT molecular complexity index is 636. The summed E-state index contributed by atoms with van der Waals surface area (Å²) in [7, 11) is 0. The van der Waals surface area contributed by atoms with Gasteiger partial charge >= 0.3 is 0 Å². The molecule has 0 N–H and O–H groups in total. The fourth-order valence-electron chi connectivity index (χ4n) is 2.64. The van der Waals surface area contributed by atoms with Crippen LogP contribution in [0.25, 0.3) is 0 Å². The summed E-state index contributed by atoms with van der Waals surface area (Å²) in [6.45, 7) is 5.21. The third-order valence-electron chi connectivity index (χ3n) is 3.67. The van der Waals surface area contributed by atoms with Crippen LogP contribution in [0.4, 0.5) is 0 Å². The zero-order valence-electron chi connectivity index (χ0n) is 12.2. The van der Waals surface area contributed by atoms with Gasteiger partial charge in [-0.25, -0.2) is 4.98 Å². The zero-order chi connectivity index (χ0) is 14.8. The maximum atomic E-state index is 12.4. The summed E-state index contributed by atoms with van der Waals surface area (Å²) in [4.78, 5) is 22.9. The molecule has 1 aliphatic heterocycles. The van der Waals surface area contributed by atoms with E-state index in [4.69, 9.17) is 4.52 Å². The van der Waals surface area contributed by atoms with Crippen molar-refractivity contribution >= 4 is 17.2 Å². The molecule has 0 spiro atoms. The third-order valence-corrected chi connectivity index (χ3v) is 4.49. The number of nitrogens with zero attached hydrogens (tertiary/aromatic N) is 4. The molecule has 1 aliphatic rings. The molecule has 0 radical (unpaired) electrons. The number of piperidine rings is 1. The summed E-state index contributed by atoms with van der Waals surface area (Å²) in [5.74, 6) is 1.57. The SMILES string of the molecule is Cc1noc([C@H]2CCCN(C(=O)Cc3csc(C)n3)C2)n1. The summed E-state index contributed by atoms with van der Waals surface area (Å²) < 4.78 is 5.24. The number of hydrogen-bond donors (Lipinski definition) is 0. The molecule has 0 bridgehead atoms. The van der Waals surface area contributed by atoms with Gasteiger partial charge in [0.1, 0.15) is 0 Å². The maximum Gasteiger partial charge on any atom is 0.231 e. The Hall–Kier alpha value is -1.76. The van der Waals surface area contributed by atoms with Crippen LogP contribution in [-0.2, 0) is 11.2 Å². The Morgan fingerprint density at radius 3 is 3.00 bits per heavy atom. The fourth-order valence-corrected chi connectivity index (χ4v) is 3.25. The summed E-state index contributed by atoms with van der Waals surface area (Å²) in [5.41, 5.74) is 0.859. The van der Waals surface area contributed by atoms with Crippen molar-refractivity contribution in [2.24, 2.45) is 0 Å². The smallest absolute Gasteiger partial charge is 0.231 e. The Morgan fingerprint density at radius 2 is 2.33 bits per heavy atom. The van der Waals surface area contributed by atoms with Crippen molar-refractivity contribution < 1.29 is 9.32 Å². The number of likely N-dealkylation sites (tertiary alicyclic amines) is 1. The van der Waals surface area contributed by atoms with Gasteiger partial charge in [0.2, 0.25) is 11.8 Å². The molecule has 112 valence electrons. The van der Waals surface area contributed by atoms with E-state index < -0.39 is 0 Å². The second kappa shape index (κ2) is 5.93. The highest BCUT2D eigenvalue weighted by Gasteiger charge is 2.28. The summed E-state index contributed by atoms with van der Waals surface area (Å²) in [6.07, 6.45) is 2.33. The van der Waals surface area contributed by atoms with Gasteiger partial charge < -0.3 is 9.42 Å². The average molecular weight is 306 g/mol. The Balaban J connectivity index is 1.64. The van der Waals surface area contributed by atoms with E-state index in [9.17, 15) is 4.79 Å². The molecule has 1 saturated heterocycles. The van der Waals surface area contributed by atoms with Crippen LogP contribution >= 0.6 is 11.3 Å². The highest BCUT2D eigenvalue weighted by Crippen LogP contribution is 2.26. The lowest BCUT2D eigenvalue weighted by Crippen LogP contribution is -2.40. The van der Waals surface area contributed by atoms with Gasteiger partial charge in [-0.2, -0.15) is 4.98 Å². The van der Waals surface area contributed by atoms with E-state index >= 15 is 0 Å². The number of carbonyl (C=O) groups is 1.